The van der Waals surface area contributed by atoms with E-state index in [-0.39, 0.29) is 0 Å². The quantitative estimate of drug-likeness (QED) is 0.333. The van der Waals surface area contributed by atoms with Gasteiger partial charge in [0, 0.05) is 22.3 Å². The molecule has 2 heterocycles. The lowest BCUT2D eigenvalue weighted by molar-refractivity contribution is -0.112. The molecule has 6 heteroatoms. The average molecular weight is 419 g/mol. The molecule has 2 aromatic carbocycles. The number of ketones is 1. The third-order valence-electron chi connectivity index (χ3n) is 4.69. The number of carbonyl (C=O) groups excluding carboxylic acids is 2. The average Bonchev–Trinajstić information content (AvgIpc) is 3.14. The van der Waals surface area contributed by atoms with E-state index in [4.69, 9.17) is 16.3 Å². The van der Waals surface area contributed by atoms with E-state index in [0.29, 0.717) is 34.3 Å². The highest BCUT2D eigenvalue weighted by Crippen LogP contribution is 2.30. The fourth-order valence-electron chi connectivity index (χ4n) is 3.34. The van der Waals surface area contributed by atoms with Gasteiger partial charge in [0.25, 0.3) is 11.7 Å². The standard InChI is InChI=1S/C24H19ClN2O3/c1-2-30-21-9-4-3-8-20(21)26-24(29)23(28)22-19(16-10-12-17(25)13-11-16)15-18-7-5-6-14-27(18)22/h3-15H,2H2,1H3,(H,26,29). The minimum absolute atomic E-state index is 0.291. The van der Waals surface area contributed by atoms with Gasteiger partial charge in [-0.2, -0.15) is 0 Å². The summed E-state index contributed by atoms with van der Waals surface area (Å²) >= 11 is 6.01. The number of hydrogen-bond acceptors (Lipinski definition) is 3. The number of hydrogen-bond donors (Lipinski definition) is 1. The van der Waals surface area contributed by atoms with Crippen LogP contribution in [0.3, 0.4) is 0 Å². The molecule has 0 aliphatic rings. The molecular formula is C24H19ClN2O3. The SMILES string of the molecule is CCOc1ccccc1NC(=O)C(=O)c1c(-c2ccc(Cl)cc2)cc2ccccn12. The zero-order valence-electron chi connectivity index (χ0n) is 16.3. The van der Waals surface area contributed by atoms with Crippen molar-refractivity contribution in [3.8, 4) is 16.9 Å². The van der Waals surface area contributed by atoms with E-state index in [0.717, 1.165) is 11.1 Å². The first-order chi connectivity index (χ1) is 14.6. The first kappa shape index (κ1) is 19.7. The first-order valence-electron chi connectivity index (χ1n) is 9.52. The largest absolute Gasteiger partial charge is 0.492 e. The lowest BCUT2D eigenvalue weighted by atomic mass is 10.0. The van der Waals surface area contributed by atoms with Gasteiger partial charge in [-0.1, -0.05) is 41.9 Å². The van der Waals surface area contributed by atoms with E-state index >= 15 is 0 Å². The molecule has 30 heavy (non-hydrogen) atoms. The highest BCUT2D eigenvalue weighted by atomic mass is 35.5. The van der Waals surface area contributed by atoms with Crippen LogP contribution in [0.4, 0.5) is 5.69 Å². The number of Topliss-reactive ketones (excluding diaryl/α,β-unsaturated/α-hetero) is 1. The molecule has 0 aliphatic carbocycles. The summed E-state index contributed by atoms with van der Waals surface area (Å²) in [5.41, 5.74) is 3.02. The summed E-state index contributed by atoms with van der Waals surface area (Å²) in [6, 6.07) is 21.7. The summed E-state index contributed by atoms with van der Waals surface area (Å²) in [7, 11) is 0. The van der Waals surface area contributed by atoms with Crippen molar-refractivity contribution in [1.82, 2.24) is 4.40 Å². The number of benzene rings is 2. The second-order valence-corrected chi connectivity index (χ2v) is 7.06. The Morgan fingerprint density at radius 1 is 1.00 bits per heavy atom. The Balaban J connectivity index is 1.75. The maximum Gasteiger partial charge on any atom is 0.298 e. The van der Waals surface area contributed by atoms with Crippen molar-refractivity contribution in [2.24, 2.45) is 0 Å². The molecule has 0 aliphatic heterocycles. The van der Waals surface area contributed by atoms with Crippen LogP contribution in [0.25, 0.3) is 16.6 Å². The van der Waals surface area contributed by atoms with Crippen molar-refractivity contribution in [3.05, 3.63) is 89.7 Å². The summed E-state index contributed by atoms with van der Waals surface area (Å²) in [4.78, 5) is 26.2. The van der Waals surface area contributed by atoms with E-state index in [2.05, 4.69) is 5.32 Å². The van der Waals surface area contributed by atoms with Crippen molar-refractivity contribution < 1.29 is 14.3 Å². The van der Waals surface area contributed by atoms with Crippen molar-refractivity contribution in [1.29, 1.82) is 0 Å². The van der Waals surface area contributed by atoms with Gasteiger partial charge in [0.2, 0.25) is 0 Å². The highest BCUT2D eigenvalue weighted by molar-refractivity contribution is 6.47. The fourth-order valence-corrected chi connectivity index (χ4v) is 3.47. The van der Waals surface area contributed by atoms with Gasteiger partial charge in [0.1, 0.15) is 11.4 Å². The monoisotopic (exact) mass is 418 g/mol. The van der Waals surface area contributed by atoms with Gasteiger partial charge >= 0.3 is 0 Å². The normalized spacial score (nSPS) is 10.7. The molecule has 0 spiro atoms. The smallest absolute Gasteiger partial charge is 0.298 e. The molecule has 1 N–H and O–H groups in total. The summed E-state index contributed by atoms with van der Waals surface area (Å²) < 4.78 is 7.26. The number of aromatic nitrogens is 1. The minimum atomic E-state index is -0.735. The molecule has 0 radical (unpaired) electrons. The van der Waals surface area contributed by atoms with Crippen molar-refractivity contribution >= 4 is 34.5 Å². The van der Waals surface area contributed by atoms with E-state index < -0.39 is 11.7 Å². The molecule has 0 bridgehead atoms. The van der Waals surface area contributed by atoms with Crippen LogP contribution in [0.5, 0.6) is 5.75 Å². The maximum absolute atomic E-state index is 13.3. The number of fused-ring (bicyclic) bond motifs is 1. The second-order valence-electron chi connectivity index (χ2n) is 6.62. The Kier molecular flexibility index (Phi) is 5.55. The zero-order chi connectivity index (χ0) is 21.1. The Labute approximate surface area is 178 Å². The van der Waals surface area contributed by atoms with Crippen molar-refractivity contribution in [2.45, 2.75) is 6.92 Å². The number of halogens is 1. The van der Waals surface area contributed by atoms with Crippen LogP contribution in [-0.2, 0) is 4.79 Å². The minimum Gasteiger partial charge on any atom is -0.492 e. The Hall–Kier alpha value is -3.57. The molecule has 0 fully saturated rings. The van der Waals surface area contributed by atoms with E-state index in [1.54, 1.807) is 40.9 Å². The molecule has 0 atom stereocenters. The predicted molar refractivity (Wildman–Crippen MR) is 118 cm³/mol. The van der Waals surface area contributed by atoms with Gasteiger partial charge in [-0.15, -0.1) is 0 Å². The first-order valence-corrected chi connectivity index (χ1v) is 9.90. The highest BCUT2D eigenvalue weighted by Gasteiger charge is 2.25. The molecule has 4 aromatic rings. The van der Waals surface area contributed by atoms with Gasteiger partial charge < -0.3 is 14.5 Å². The number of nitrogens with one attached hydrogen (secondary N) is 1. The van der Waals surface area contributed by atoms with Gasteiger partial charge in [-0.3, -0.25) is 9.59 Å². The third-order valence-corrected chi connectivity index (χ3v) is 4.94. The van der Waals surface area contributed by atoms with Crippen LogP contribution in [-0.4, -0.2) is 22.7 Å². The number of rotatable bonds is 6. The predicted octanol–water partition coefficient (Wildman–Crippen LogP) is 5.48. The third kappa shape index (κ3) is 3.80. The fraction of sp³-hybridized carbons (Fsp3) is 0.0833. The van der Waals surface area contributed by atoms with E-state index in [9.17, 15) is 9.59 Å². The van der Waals surface area contributed by atoms with E-state index in [1.807, 2.05) is 49.4 Å². The van der Waals surface area contributed by atoms with Gasteiger partial charge in [0.15, 0.2) is 0 Å². The summed E-state index contributed by atoms with van der Waals surface area (Å²) in [5, 5.41) is 3.29. The molecule has 4 rings (SSSR count). The molecule has 2 aromatic heterocycles. The lowest BCUT2D eigenvalue weighted by Gasteiger charge is -2.11. The second kappa shape index (κ2) is 8.43. The molecule has 150 valence electrons. The zero-order valence-corrected chi connectivity index (χ0v) is 17.0. The van der Waals surface area contributed by atoms with Crippen LogP contribution >= 0.6 is 11.6 Å². The number of carbonyl (C=O) groups is 2. The molecule has 0 unspecified atom stereocenters. The maximum atomic E-state index is 13.3. The van der Waals surface area contributed by atoms with Crippen molar-refractivity contribution in [2.75, 3.05) is 11.9 Å². The number of anilines is 1. The van der Waals surface area contributed by atoms with Gasteiger partial charge in [-0.25, -0.2) is 0 Å². The number of nitrogens with zero attached hydrogens (tertiary/aromatic N) is 1. The van der Waals surface area contributed by atoms with Gasteiger partial charge in [0.05, 0.1) is 12.3 Å². The van der Waals surface area contributed by atoms with Crippen molar-refractivity contribution in [3.63, 3.8) is 0 Å². The molecule has 5 nitrogen and oxygen atoms in total. The molecular weight excluding hydrogens is 400 g/mol. The number of amides is 1. The Bertz CT molecular complexity index is 1230. The van der Waals surface area contributed by atoms with Crippen LogP contribution < -0.4 is 10.1 Å². The Morgan fingerprint density at radius 2 is 1.73 bits per heavy atom. The van der Waals surface area contributed by atoms with Crippen LogP contribution in [0, 0.1) is 0 Å². The number of para-hydroxylation sites is 2. The summed E-state index contributed by atoms with van der Waals surface area (Å²) in [5.74, 6) is -0.863. The molecule has 0 saturated heterocycles. The summed E-state index contributed by atoms with van der Waals surface area (Å²) in [6.45, 7) is 2.31. The summed E-state index contributed by atoms with van der Waals surface area (Å²) in [6.07, 6.45) is 1.77. The lowest BCUT2D eigenvalue weighted by Crippen LogP contribution is -2.25. The Morgan fingerprint density at radius 3 is 2.50 bits per heavy atom. The van der Waals surface area contributed by atoms with Crippen LogP contribution in [0.15, 0.2) is 79.0 Å². The van der Waals surface area contributed by atoms with Crippen LogP contribution in [0.2, 0.25) is 5.02 Å². The molecule has 1 amide bonds. The number of pyridine rings is 1. The van der Waals surface area contributed by atoms with Crippen LogP contribution in [0.1, 0.15) is 17.4 Å². The topological polar surface area (TPSA) is 59.8 Å². The number of ether oxygens (including phenoxy) is 1. The molecule has 0 saturated carbocycles. The van der Waals surface area contributed by atoms with Gasteiger partial charge in [-0.05, 0) is 55.0 Å². The van der Waals surface area contributed by atoms with E-state index in [1.165, 1.54) is 0 Å².